The second-order valence-corrected chi connectivity index (χ2v) is 8.63. The van der Waals surface area contributed by atoms with E-state index >= 15 is 0 Å². The van der Waals surface area contributed by atoms with Crippen molar-refractivity contribution in [3.63, 3.8) is 0 Å². The van der Waals surface area contributed by atoms with E-state index in [0.717, 1.165) is 40.4 Å². The Morgan fingerprint density at radius 1 is 1.25 bits per heavy atom. The zero-order valence-electron chi connectivity index (χ0n) is 17.7. The molecule has 8 heteroatoms. The number of furan rings is 1. The summed E-state index contributed by atoms with van der Waals surface area (Å²) in [7, 11) is 0. The molecule has 1 N–H and O–H groups in total. The number of hydrogen-bond donors (Lipinski definition) is 1. The Bertz CT molecular complexity index is 1320. The van der Waals surface area contributed by atoms with Gasteiger partial charge in [-0.25, -0.2) is 0 Å². The predicted molar refractivity (Wildman–Crippen MR) is 122 cm³/mol. The molecule has 2 aromatic carbocycles. The van der Waals surface area contributed by atoms with E-state index < -0.39 is 0 Å². The van der Waals surface area contributed by atoms with Gasteiger partial charge in [-0.2, -0.15) is 5.10 Å². The number of nitrogens with one attached hydrogen (secondary N) is 1. The van der Waals surface area contributed by atoms with Gasteiger partial charge in [0.1, 0.15) is 12.1 Å². The number of carbonyl (C=O) groups excluding carboxylic acids is 2. The lowest BCUT2D eigenvalue weighted by atomic mass is 10.1. The van der Waals surface area contributed by atoms with E-state index in [4.69, 9.17) is 16.0 Å². The molecule has 0 spiro atoms. The molecule has 0 saturated heterocycles. The van der Waals surface area contributed by atoms with Gasteiger partial charge in [-0.15, -0.1) is 0 Å². The maximum atomic E-state index is 13.1. The Morgan fingerprint density at radius 2 is 2.06 bits per heavy atom. The fourth-order valence-electron chi connectivity index (χ4n) is 4.09. The van der Waals surface area contributed by atoms with Crippen molar-refractivity contribution in [3.8, 4) is 0 Å². The fourth-order valence-corrected chi connectivity index (χ4v) is 4.34. The van der Waals surface area contributed by atoms with Gasteiger partial charge in [0.25, 0.3) is 0 Å². The normalized spacial score (nSPS) is 13.6. The van der Waals surface area contributed by atoms with Crippen LogP contribution in [-0.4, -0.2) is 39.1 Å². The van der Waals surface area contributed by atoms with Crippen LogP contribution in [0.1, 0.15) is 24.1 Å². The molecular formula is C24H23ClN4O3. The third-order valence-electron chi connectivity index (χ3n) is 5.82. The van der Waals surface area contributed by atoms with E-state index in [2.05, 4.69) is 10.4 Å². The van der Waals surface area contributed by atoms with Gasteiger partial charge < -0.3 is 14.6 Å². The fraction of sp³-hybridized carbons (Fsp3) is 0.292. The molecular weight excluding hydrogens is 428 g/mol. The van der Waals surface area contributed by atoms with Crippen molar-refractivity contribution in [2.45, 2.75) is 38.9 Å². The lowest BCUT2D eigenvalue weighted by molar-refractivity contribution is -0.137. The lowest BCUT2D eigenvalue weighted by Crippen LogP contribution is -2.43. The van der Waals surface area contributed by atoms with Gasteiger partial charge in [0.15, 0.2) is 0 Å². The molecule has 1 aliphatic rings. The monoisotopic (exact) mass is 450 g/mol. The molecule has 0 radical (unpaired) electrons. The maximum Gasteiger partial charge on any atom is 0.245 e. The highest BCUT2D eigenvalue weighted by molar-refractivity contribution is 6.31. The van der Waals surface area contributed by atoms with Crippen molar-refractivity contribution in [2.75, 3.05) is 6.54 Å². The van der Waals surface area contributed by atoms with Gasteiger partial charge in [-0.3, -0.25) is 14.3 Å². The highest BCUT2D eigenvalue weighted by Crippen LogP contribution is 2.28. The topological polar surface area (TPSA) is 80.4 Å². The summed E-state index contributed by atoms with van der Waals surface area (Å²) in [5.41, 5.74) is 3.30. The van der Waals surface area contributed by atoms with Crippen molar-refractivity contribution in [1.82, 2.24) is 20.0 Å². The molecule has 2 heterocycles. The Kier molecular flexibility index (Phi) is 5.35. The van der Waals surface area contributed by atoms with Crippen LogP contribution in [0, 0.1) is 6.92 Å². The summed E-state index contributed by atoms with van der Waals surface area (Å²) in [6, 6.07) is 13.4. The van der Waals surface area contributed by atoms with Crippen LogP contribution in [0.15, 0.2) is 53.1 Å². The molecule has 0 unspecified atom stereocenters. The first-order valence-corrected chi connectivity index (χ1v) is 11.0. The molecule has 2 aromatic heterocycles. The molecule has 1 fully saturated rings. The van der Waals surface area contributed by atoms with Crippen molar-refractivity contribution in [3.05, 3.63) is 65.0 Å². The van der Waals surface area contributed by atoms with Gasteiger partial charge in [-0.05, 0) is 44.0 Å². The first-order chi connectivity index (χ1) is 15.5. The van der Waals surface area contributed by atoms with Crippen LogP contribution >= 0.6 is 11.6 Å². The molecule has 5 rings (SSSR count). The number of carbonyl (C=O) groups is 2. The first kappa shape index (κ1) is 20.6. The summed E-state index contributed by atoms with van der Waals surface area (Å²) >= 11 is 6.18. The smallest absolute Gasteiger partial charge is 0.245 e. The number of aryl methyl sites for hydroxylation is 1. The van der Waals surface area contributed by atoms with Gasteiger partial charge in [0.05, 0.1) is 24.0 Å². The van der Waals surface area contributed by atoms with E-state index in [0.29, 0.717) is 10.6 Å². The average molecular weight is 451 g/mol. The molecule has 0 atom stereocenters. The molecule has 0 bridgehead atoms. The second-order valence-electron chi connectivity index (χ2n) is 8.19. The molecule has 32 heavy (non-hydrogen) atoms. The molecule has 4 aromatic rings. The summed E-state index contributed by atoms with van der Waals surface area (Å²) in [6.45, 7) is 2.34. The number of benzene rings is 2. The largest absolute Gasteiger partial charge is 0.464 e. The Balaban J connectivity index is 1.26. The number of nitrogens with zero attached hydrogens (tertiary/aromatic N) is 3. The van der Waals surface area contributed by atoms with Crippen LogP contribution in [0.5, 0.6) is 0 Å². The molecule has 0 aliphatic heterocycles. The molecule has 2 amide bonds. The number of aromatic nitrogens is 2. The first-order valence-electron chi connectivity index (χ1n) is 10.6. The molecule has 7 nitrogen and oxygen atoms in total. The lowest BCUT2D eigenvalue weighted by Gasteiger charge is -2.22. The van der Waals surface area contributed by atoms with Crippen LogP contribution in [-0.2, 0) is 22.7 Å². The zero-order valence-corrected chi connectivity index (χ0v) is 18.4. The molecule has 1 saturated carbocycles. The van der Waals surface area contributed by atoms with Crippen LogP contribution < -0.4 is 5.32 Å². The number of amides is 2. The minimum Gasteiger partial charge on any atom is -0.464 e. The number of rotatable bonds is 7. The number of para-hydroxylation sites is 1. The van der Waals surface area contributed by atoms with E-state index in [1.54, 1.807) is 21.9 Å². The van der Waals surface area contributed by atoms with Gasteiger partial charge >= 0.3 is 0 Å². The Labute approximate surface area is 189 Å². The van der Waals surface area contributed by atoms with Crippen LogP contribution in [0.25, 0.3) is 21.9 Å². The minimum atomic E-state index is -0.216. The summed E-state index contributed by atoms with van der Waals surface area (Å²) < 4.78 is 7.25. The minimum absolute atomic E-state index is 0.0174. The number of fused-ring (bicyclic) bond motifs is 2. The molecule has 1 aliphatic carbocycles. The van der Waals surface area contributed by atoms with E-state index in [1.807, 2.05) is 43.3 Å². The van der Waals surface area contributed by atoms with Gasteiger partial charge in [0, 0.05) is 33.9 Å². The number of hydrogen-bond acceptors (Lipinski definition) is 4. The summed E-state index contributed by atoms with van der Waals surface area (Å²) in [5.74, 6) is -0.321. The Hall–Kier alpha value is -3.32. The zero-order chi connectivity index (χ0) is 22.2. The molecule has 164 valence electrons. The van der Waals surface area contributed by atoms with E-state index in [9.17, 15) is 9.59 Å². The van der Waals surface area contributed by atoms with Crippen LogP contribution in [0.2, 0.25) is 5.02 Å². The highest BCUT2D eigenvalue weighted by atomic mass is 35.5. The third kappa shape index (κ3) is 4.08. The Morgan fingerprint density at radius 3 is 2.88 bits per heavy atom. The predicted octanol–water partition coefficient (Wildman–Crippen LogP) is 4.05. The van der Waals surface area contributed by atoms with Crippen LogP contribution in [0.3, 0.4) is 0 Å². The standard InChI is InChI=1S/C24H23ClN4O3/c1-15-20-4-2-3-5-21(20)29(27-15)14-23(31)28(19-6-7-19)13-22(30)26-12-17-11-18(25)10-16-8-9-32-24(16)17/h2-5,8-11,19H,6-7,12-14H2,1H3,(H,26,30). The van der Waals surface area contributed by atoms with Crippen molar-refractivity contribution in [1.29, 1.82) is 0 Å². The SMILES string of the molecule is Cc1nn(CC(=O)N(CC(=O)NCc2cc(Cl)cc3ccoc23)C2CC2)c2ccccc12. The van der Waals surface area contributed by atoms with E-state index in [-0.39, 0.29) is 37.5 Å². The summed E-state index contributed by atoms with van der Waals surface area (Å²) in [6.07, 6.45) is 3.43. The maximum absolute atomic E-state index is 13.1. The third-order valence-corrected chi connectivity index (χ3v) is 6.04. The second kappa shape index (κ2) is 8.31. The quantitative estimate of drug-likeness (QED) is 0.460. The van der Waals surface area contributed by atoms with Crippen molar-refractivity contribution < 1.29 is 14.0 Å². The van der Waals surface area contributed by atoms with Crippen LogP contribution in [0.4, 0.5) is 0 Å². The number of halogens is 1. The van der Waals surface area contributed by atoms with Crippen molar-refractivity contribution >= 4 is 45.3 Å². The summed E-state index contributed by atoms with van der Waals surface area (Å²) in [5, 5.41) is 9.92. The highest BCUT2D eigenvalue weighted by Gasteiger charge is 2.34. The van der Waals surface area contributed by atoms with Gasteiger partial charge in [0.2, 0.25) is 11.8 Å². The average Bonchev–Trinajstić information content (AvgIpc) is 3.43. The van der Waals surface area contributed by atoms with Crippen molar-refractivity contribution in [2.24, 2.45) is 0 Å². The summed E-state index contributed by atoms with van der Waals surface area (Å²) in [4.78, 5) is 27.5. The van der Waals surface area contributed by atoms with Gasteiger partial charge in [-0.1, -0.05) is 29.8 Å². The van der Waals surface area contributed by atoms with E-state index in [1.165, 1.54) is 0 Å².